The Morgan fingerprint density at radius 2 is 2.27 bits per heavy atom. The maximum atomic E-state index is 11.1. The van der Waals surface area contributed by atoms with Crippen molar-refractivity contribution < 1.29 is 9.53 Å². The lowest BCUT2D eigenvalue weighted by atomic mass is 10.1. The Kier molecular flexibility index (Phi) is 5.40. The fourth-order valence-corrected chi connectivity index (χ4v) is 1.76. The van der Waals surface area contributed by atoms with Crippen LogP contribution in [0.25, 0.3) is 0 Å². The minimum Gasteiger partial charge on any atom is -0.462 e. The molecule has 1 unspecified atom stereocenters. The van der Waals surface area contributed by atoms with Crippen LogP contribution in [0.3, 0.4) is 0 Å². The molecule has 1 atom stereocenters. The summed E-state index contributed by atoms with van der Waals surface area (Å²) in [4.78, 5) is 11.1. The third-order valence-electron chi connectivity index (χ3n) is 2.71. The van der Waals surface area contributed by atoms with Crippen molar-refractivity contribution in [3.63, 3.8) is 0 Å². The molecular formula is C12H21NO2. The second-order valence-corrected chi connectivity index (χ2v) is 4.21. The van der Waals surface area contributed by atoms with Gasteiger partial charge in [-0.3, -0.25) is 0 Å². The Balaban J connectivity index is 2.13. The Morgan fingerprint density at radius 3 is 3.00 bits per heavy atom. The van der Waals surface area contributed by atoms with E-state index in [1.54, 1.807) is 6.92 Å². The Hall–Kier alpha value is -0.830. The molecule has 86 valence electrons. The van der Waals surface area contributed by atoms with Gasteiger partial charge < -0.3 is 10.1 Å². The molecular weight excluding hydrogens is 190 g/mol. The summed E-state index contributed by atoms with van der Waals surface area (Å²) >= 11 is 0. The average molecular weight is 211 g/mol. The van der Waals surface area contributed by atoms with Crippen molar-refractivity contribution in [3.05, 3.63) is 12.2 Å². The van der Waals surface area contributed by atoms with Gasteiger partial charge in [0.1, 0.15) is 0 Å². The molecule has 1 fully saturated rings. The lowest BCUT2D eigenvalue weighted by Crippen LogP contribution is -2.29. The molecule has 0 bridgehead atoms. The highest BCUT2D eigenvalue weighted by molar-refractivity contribution is 5.86. The highest BCUT2D eigenvalue weighted by Gasteiger charge is 2.12. The SMILES string of the molecule is C=C(C)C(=O)OCCC1CCCCCN1. The van der Waals surface area contributed by atoms with E-state index in [0.717, 1.165) is 13.0 Å². The van der Waals surface area contributed by atoms with Gasteiger partial charge in [0, 0.05) is 11.6 Å². The van der Waals surface area contributed by atoms with Crippen LogP contribution < -0.4 is 5.32 Å². The summed E-state index contributed by atoms with van der Waals surface area (Å²) in [5, 5.41) is 3.47. The molecule has 0 spiro atoms. The molecule has 0 aromatic rings. The molecule has 0 radical (unpaired) electrons. The van der Waals surface area contributed by atoms with Crippen LogP contribution in [0.5, 0.6) is 0 Å². The number of rotatable bonds is 4. The van der Waals surface area contributed by atoms with Crippen LogP contribution in [0.2, 0.25) is 0 Å². The highest BCUT2D eigenvalue weighted by atomic mass is 16.5. The van der Waals surface area contributed by atoms with Crippen LogP contribution >= 0.6 is 0 Å². The van der Waals surface area contributed by atoms with Crippen molar-refractivity contribution in [2.75, 3.05) is 13.2 Å². The predicted molar refractivity (Wildman–Crippen MR) is 60.6 cm³/mol. The van der Waals surface area contributed by atoms with Crippen molar-refractivity contribution in [1.29, 1.82) is 0 Å². The van der Waals surface area contributed by atoms with E-state index in [9.17, 15) is 4.79 Å². The van der Waals surface area contributed by atoms with E-state index in [0.29, 0.717) is 18.2 Å². The van der Waals surface area contributed by atoms with E-state index >= 15 is 0 Å². The quantitative estimate of drug-likeness (QED) is 0.571. The summed E-state index contributed by atoms with van der Waals surface area (Å²) < 4.78 is 5.07. The first kappa shape index (κ1) is 12.2. The Morgan fingerprint density at radius 1 is 1.47 bits per heavy atom. The second-order valence-electron chi connectivity index (χ2n) is 4.21. The van der Waals surface area contributed by atoms with Gasteiger partial charge in [-0.2, -0.15) is 0 Å². The van der Waals surface area contributed by atoms with E-state index in [2.05, 4.69) is 11.9 Å². The van der Waals surface area contributed by atoms with E-state index in [4.69, 9.17) is 4.74 Å². The highest BCUT2D eigenvalue weighted by Crippen LogP contribution is 2.11. The van der Waals surface area contributed by atoms with Crippen LogP contribution in [-0.2, 0) is 9.53 Å². The van der Waals surface area contributed by atoms with Crippen LogP contribution in [0.15, 0.2) is 12.2 Å². The molecule has 3 heteroatoms. The van der Waals surface area contributed by atoms with E-state index in [-0.39, 0.29) is 5.97 Å². The molecule has 1 rings (SSSR count). The Bertz CT molecular complexity index is 218. The molecule has 1 aliphatic heterocycles. The molecule has 0 aromatic carbocycles. The fraction of sp³-hybridized carbons (Fsp3) is 0.750. The minimum absolute atomic E-state index is 0.274. The molecule has 1 N–H and O–H groups in total. The van der Waals surface area contributed by atoms with Crippen LogP contribution in [0.1, 0.15) is 39.0 Å². The summed E-state index contributed by atoms with van der Waals surface area (Å²) in [6.45, 7) is 6.82. The zero-order chi connectivity index (χ0) is 11.1. The molecule has 1 aliphatic rings. The van der Waals surface area contributed by atoms with Crippen molar-refractivity contribution >= 4 is 5.97 Å². The summed E-state index contributed by atoms with van der Waals surface area (Å²) in [5.41, 5.74) is 0.476. The maximum absolute atomic E-state index is 11.1. The van der Waals surface area contributed by atoms with Crippen molar-refractivity contribution in [2.45, 2.75) is 45.1 Å². The zero-order valence-electron chi connectivity index (χ0n) is 9.55. The normalized spacial score (nSPS) is 21.8. The number of nitrogens with one attached hydrogen (secondary N) is 1. The monoisotopic (exact) mass is 211 g/mol. The van der Waals surface area contributed by atoms with Gasteiger partial charge in [0.15, 0.2) is 0 Å². The third-order valence-corrected chi connectivity index (χ3v) is 2.71. The number of carbonyl (C=O) groups is 1. The van der Waals surface area contributed by atoms with Gasteiger partial charge in [0.25, 0.3) is 0 Å². The molecule has 0 saturated carbocycles. The second kappa shape index (κ2) is 6.62. The van der Waals surface area contributed by atoms with Gasteiger partial charge in [-0.1, -0.05) is 19.4 Å². The summed E-state index contributed by atoms with van der Waals surface area (Å²) in [5.74, 6) is -0.274. The zero-order valence-corrected chi connectivity index (χ0v) is 9.55. The standard InChI is InChI=1S/C12H21NO2/c1-10(2)12(14)15-9-7-11-6-4-3-5-8-13-11/h11,13H,1,3-9H2,2H3. The fourth-order valence-electron chi connectivity index (χ4n) is 1.76. The Labute approximate surface area is 91.9 Å². The molecule has 0 aliphatic carbocycles. The van der Waals surface area contributed by atoms with Gasteiger partial charge in [-0.15, -0.1) is 0 Å². The van der Waals surface area contributed by atoms with Crippen LogP contribution in [0, 0.1) is 0 Å². The van der Waals surface area contributed by atoms with E-state index in [1.807, 2.05) is 0 Å². The number of esters is 1. The maximum Gasteiger partial charge on any atom is 0.333 e. The number of hydrogen-bond donors (Lipinski definition) is 1. The van der Waals surface area contributed by atoms with Gasteiger partial charge in [-0.05, 0) is 32.7 Å². The number of ether oxygens (including phenoxy) is 1. The predicted octanol–water partition coefficient (Wildman–Crippen LogP) is 2.03. The van der Waals surface area contributed by atoms with Crippen molar-refractivity contribution in [2.24, 2.45) is 0 Å². The first-order chi connectivity index (χ1) is 7.20. The molecule has 1 heterocycles. The van der Waals surface area contributed by atoms with Gasteiger partial charge in [0.05, 0.1) is 6.61 Å². The molecule has 1 saturated heterocycles. The topological polar surface area (TPSA) is 38.3 Å². The average Bonchev–Trinajstić information content (AvgIpc) is 2.46. The molecule has 3 nitrogen and oxygen atoms in total. The third kappa shape index (κ3) is 4.98. The summed E-state index contributed by atoms with van der Waals surface area (Å²) in [6.07, 6.45) is 5.98. The first-order valence-corrected chi connectivity index (χ1v) is 5.76. The van der Waals surface area contributed by atoms with Crippen LogP contribution in [-0.4, -0.2) is 25.2 Å². The van der Waals surface area contributed by atoms with Crippen LogP contribution in [0.4, 0.5) is 0 Å². The number of carbonyl (C=O) groups excluding carboxylic acids is 1. The van der Waals surface area contributed by atoms with Crippen molar-refractivity contribution in [1.82, 2.24) is 5.32 Å². The smallest absolute Gasteiger partial charge is 0.333 e. The minimum atomic E-state index is -0.274. The lowest BCUT2D eigenvalue weighted by molar-refractivity contribution is -0.139. The molecule has 15 heavy (non-hydrogen) atoms. The lowest BCUT2D eigenvalue weighted by Gasteiger charge is -2.15. The largest absolute Gasteiger partial charge is 0.462 e. The van der Waals surface area contributed by atoms with Gasteiger partial charge >= 0.3 is 5.97 Å². The summed E-state index contributed by atoms with van der Waals surface area (Å²) in [6, 6.07) is 0.519. The van der Waals surface area contributed by atoms with E-state index < -0.39 is 0 Å². The summed E-state index contributed by atoms with van der Waals surface area (Å²) in [7, 11) is 0. The van der Waals surface area contributed by atoms with Gasteiger partial charge in [-0.25, -0.2) is 4.79 Å². The molecule has 0 amide bonds. The number of hydrogen-bond acceptors (Lipinski definition) is 3. The molecule has 0 aromatic heterocycles. The van der Waals surface area contributed by atoms with Gasteiger partial charge in [0.2, 0.25) is 0 Å². The van der Waals surface area contributed by atoms with E-state index in [1.165, 1.54) is 25.7 Å². The van der Waals surface area contributed by atoms with Crippen molar-refractivity contribution in [3.8, 4) is 0 Å². The first-order valence-electron chi connectivity index (χ1n) is 5.76.